The number of rotatable bonds is 3. The van der Waals surface area contributed by atoms with E-state index in [0.717, 1.165) is 11.3 Å². The monoisotopic (exact) mass is 354 g/mol. The fraction of sp³-hybridized carbons (Fsp3) is 0.0625. The lowest BCUT2D eigenvalue weighted by Crippen LogP contribution is -2.20. The third-order valence-electron chi connectivity index (χ3n) is 3.91. The Balaban J connectivity index is 1.84. The van der Waals surface area contributed by atoms with E-state index in [4.69, 9.17) is 11.6 Å². The van der Waals surface area contributed by atoms with E-state index in [9.17, 15) is 10.1 Å². The average Bonchev–Trinajstić information content (AvgIpc) is 3.10. The number of tetrazole rings is 1. The number of aromatic nitrogens is 4. The summed E-state index contributed by atoms with van der Waals surface area (Å²) in [4.78, 5) is 10.6. The van der Waals surface area contributed by atoms with Crippen LogP contribution in [0.5, 0.6) is 0 Å². The molecule has 1 N–H and O–H groups in total. The number of hydrogen-bond acceptors (Lipinski definition) is 6. The van der Waals surface area contributed by atoms with Gasteiger partial charge in [0.15, 0.2) is 0 Å². The lowest BCUT2D eigenvalue weighted by Gasteiger charge is -2.23. The molecule has 0 saturated carbocycles. The maximum Gasteiger partial charge on any atom is 0.269 e. The van der Waals surface area contributed by atoms with Gasteiger partial charge in [-0.25, -0.2) is 0 Å². The molecule has 1 aromatic heterocycles. The Morgan fingerprint density at radius 1 is 1.20 bits per heavy atom. The second kappa shape index (κ2) is 5.99. The van der Waals surface area contributed by atoms with Crippen molar-refractivity contribution in [2.45, 2.75) is 6.04 Å². The van der Waals surface area contributed by atoms with Crippen molar-refractivity contribution < 1.29 is 4.92 Å². The van der Waals surface area contributed by atoms with E-state index < -0.39 is 11.0 Å². The van der Waals surface area contributed by atoms with Gasteiger partial charge in [-0.1, -0.05) is 47.0 Å². The summed E-state index contributed by atoms with van der Waals surface area (Å²) >= 11 is 6.29. The molecule has 4 rings (SSSR count). The third-order valence-corrected chi connectivity index (χ3v) is 4.24. The summed E-state index contributed by atoms with van der Waals surface area (Å²) in [6, 6.07) is 13.4. The predicted molar refractivity (Wildman–Crippen MR) is 92.1 cm³/mol. The van der Waals surface area contributed by atoms with Crippen molar-refractivity contribution in [2.75, 3.05) is 5.32 Å². The van der Waals surface area contributed by atoms with Crippen LogP contribution in [0.2, 0.25) is 5.02 Å². The number of allylic oxidation sites excluding steroid dienone is 1. The Kier molecular flexibility index (Phi) is 3.66. The first-order chi connectivity index (χ1) is 12.1. The van der Waals surface area contributed by atoms with E-state index >= 15 is 0 Å². The van der Waals surface area contributed by atoms with Gasteiger partial charge >= 0.3 is 0 Å². The van der Waals surface area contributed by atoms with Crippen LogP contribution in [0, 0.1) is 10.1 Å². The third kappa shape index (κ3) is 2.72. The molecule has 1 aliphatic rings. The van der Waals surface area contributed by atoms with Crippen LogP contribution in [0.25, 0.3) is 5.70 Å². The Morgan fingerprint density at radius 2 is 2.04 bits per heavy atom. The zero-order chi connectivity index (χ0) is 17.4. The number of nitrogens with one attached hydrogen (secondary N) is 1. The number of non-ortho nitro benzene ring substituents is 1. The highest BCUT2D eigenvalue weighted by Crippen LogP contribution is 2.34. The topological polar surface area (TPSA) is 98.8 Å². The molecule has 25 heavy (non-hydrogen) atoms. The van der Waals surface area contributed by atoms with Gasteiger partial charge in [-0.05, 0) is 28.1 Å². The molecule has 0 aliphatic carbocycles. The van der Waals surface area contributed by atoms with Crippen LogP contribution in [0.15, 0.2) is 54.6 Å². The minimum atomic E-state index is -0.427. The van der Waals surface area contributed by atoms with Crippen molar-refractivity contribution in [2.24, 2.45) is 0 Å². The minimum Gasteiger partial charge on any atom is -0.323 e. The van der Waals surface area contributed by atoms with Gasteiger partial charge in [-0.15, -0.1) is 0 Å². The zero-order valence-electron chi connectivity index (χ0n) is 12.7. The Hall–Kier alpha value is -3.26. The summed E-state index contributed by atoms with van der Waals surface area (Å²) in [5.41, 5.74) is 2.26. The zero-order valence-corrected chi connectivity index (χ0v) is 13.5. The molecule has 8 nitrogen and oxygen atoms in total. The molecule has 1 atom stereocenters. The normalized spacial score (nSPS) is 15.9. The van der Waals surface area contributed by atoms with Crippen molar-refractivity contribution in [3.63, 3.8) is 0 Å². The second-order valence-corrected chi connectivity index (χ2v) is 5.84. The molecule has 2 aromatic carbocycles. The van der Waals surface area contributed by atoms with Crippen LogP contribution < -0.4 is 5.32 Å². The largest absolute Gasteiger partial charge is 0.323 e. The lowest BCUT2D eigenvalue weighted by atomic mass is 10.0. The van der Waals surface area contributed by atoms with Crippen LogP contribution >= 0.6 is 11.6 Å². The van der Waals surface area contributed by atoms with Gasteiger partial charge in [0, 0.05) is 28.4 Å². The first-order valence-electron chi connectivity index (χ1n) is 7.39. The molecule has 0 amide bonds. The Labute approximate surface area is 146 Å². The van der Waals surface area contributed by atoms with Gasteiger partial charge in [0.05, 0.1) is 4.92 Å². The van der Waals surface area contributed by atoms with Gasteiger partial charge in [0.2, 0.25) is 5.95 Å². The Bertz CT molecular complexity index is 1000. The number of fused-ring (bicyclic) bond motifs is 1. The number of benzene rings is 2. The van der Waals surface area contributed by atoms with E-state index in [2.05, 4.69) is 20.8 Å². The van der Waals surface area contributed by atoms with Gasteiger partial charge in [-0.3, -0.25) is 10.1 Å². The summed E-state index contributed by atoms with van der Waals surface area (Å²) in [5.74, 6) is 0.439. The van der Waals surface area contributed by atoms with Crippen LogP contribution in [0.1, 0.15) is 17.2 Å². The number of anilines is 1. The number of hydrogen-bond donors (Lipinski definition) is 1. The van der Waals surface area contributed by atoms with E-state index in [0.29, 0.717) is 16.5 Å². The molecule has 3 aromatic rings. The summed E-state index contributed by atoms with van der Waals surface area (Å²) in [7, 11) is 0. The van der Waals surface area contributed by atoms with Gasteiger partial charge in [0.25, 0.3) is 5.69 Å². The van der Waals surface area contributed by atoms with Gasteiger partial charge in [-0.2, -0.15) is 4.68 Å². The summed E-state index contributed by atoms with van der Waals surface area (Å²) in [6.07, 6.45) is 1.89. The molecule has 0 fully saturated rings. The maximum absolute atomic E-state index is 11.1. The molecular formula is C16H11ClN6O2. The molecule has 0 bridgehead atoms. The second-order valence-electron chi connectivity index (χ2n) is 5.43. The highest BCUT2D eigenvalue weighted by atomic mass is 35.5. The number of nitro benzene ring substituents is 1. The van der Waals surface area contributed by atoms with Gasteiger partial charge in [0.1, 0.15) is 6.04 Å². The summed E-state index contributed by atoms with van der Waals surface area (Å²) in [6.45, 7) is 0. The highest BCUT2D eigenvalue weighted by Gasteiger charge is 2.26. The minimum absolute atomic E-state index is 0.0124. The molecule has 2 heterocycles. The molecule has 1 aliphatic heterocycles. The summed E-state index contributed by atoms with van der Waals surface area (Å²) in [5, 5.41) is 26.4. The molecule has 0 unspecified atom stereocenters. The van der Waals surface area contributed by atoms with Crippen LogP contribution in [0.3, 0.4) is 0 Å². The fourth-order valence-electron chi connectivity index (χ4n) is 2.75. The maximum atomic E-state index is 11.1. The van der Waals surface area contributed by atoms with Crippen LogP contribution in [-0.4, -0.2) is 25.1 Å². The summed E-state index contributed by atoms with van der Waals surface area (Å²) < 4.78 is 1.57. The first-order valence-corrected chi connectivity index (χ1v) is 7.77. The van der Waals surface area contributed by atoms with E-state index in [1.165, 1.54) is 12.1 Å². The molecule has 0 radical (unpaired) electrons. The number of halogens is 1. The predicted octanol–water partition coefficient (Wildman–Crippen LogP) is 3.29. The van der Waals surface area contributed by atoms with Crippen molar-refractivity contribution in [3.05, 3.63) is 80.9 Å². The number of nitrogens with zero attached hydrogens (tertiary/aromatic N) is 5. The Morgan fingerprint density at radius 3 is 2.84 bits per heavy atom. The van der Waals surface area contributed by atoms with Gasteiger partial charge < -0.3 is 5.32 Å². The van der Waals surface area contributed by atoms with E-state index in [-0.39, 0.29) is 5.69 Å². The van der Waals surface area contributed by atoms with Crippen LogP contribution in [-0.2, 0) is 0 Å². The van der Waals surface area contributed by atoms with E-state index in [1.54, 1.807) is 22.9 Å². The highest BCUT2D eigenvalue weighted by molar-refractivity contribution is 6.32. The van der Waals surface area contributed by atoms with Crippen molar-refractivity contribution in [1.29, 1.82) is 0 Å². The van der Waals surface area contributed by atoms with Crippen molar-refractivity contribution in [3.8, 4) is 0 Å². The SMILES string of the molecule is O=[N+]([O-])c1cccc([C@H]2C=C(c3ccccc3Cl)Nc3nnnn32)c1. The first kappa shape index (κ1) is 15.3. The number of nitro groups is 1. The smallest absolute Gasteiger partial charge is 0.269 e. The van der Waals surface area contributed by atoms with E-state index in [1.807, 2.05) is 24.3 Å². The standard InChI is InChI=1S/C16H11ClN6O2/c17-13-7-2-1-6-12(13)14-9-15(22-16(18-14)19-20-21-22)10-4-3-5-11(8-10)23(24)25/h1-9,15H,(H,18,19,21)/t15-/m1/s1. The molecule has 0 saturated heterocycles. The van der Waals surface area contributed by atoms with Crippen molar-refractivity contribution >= 4 is 28.9 Å². The van der Waals surface area contributed by atoms with Crippen LogP contribution in [0.4, 0.5) is 11.6 Å². The molecule has 0 spiro atoms. The molecule has 124 valence electrons. The fourth-order valence-corrected chi connectivity index (χ4v) is 2.99. The average molecular weight is 355 g/mol. The lowest BCUT2D eigenvalue weighted by molar-refractivity contribution is -0.384. The quantitative estimate of drug-likeness (QED) is 0.572. The van der Waals surface area contributed by atoms with Crippen molar-refractivity contribution in [1.82, 2.24) is 20.2 Å². The molecular weight excluding hydrogens is 344 g/mol. The molecule has 9 heteroatoms.